The Morgan fingerprint density at radius 3 is 2.60 bits per heavy atom. The Hall–Kier alpha value is -0.860. The summed E-state index contributed by atoms with van der Waals surface area (Å²) in [4.78, 5) is 0. The zero-order valence-electron chi connectivity index (χ0n) is 9.83. The molecule has 0 saturated heterocycles. The van der Waals surface area contributed by atoms with Gasteiger partial charge in [-0.25, -0.2) is 0 Å². The molecule has 0 bridgehead atoms. The molecule has 1 aromatic rings. The van der Waals surface area contributed by atoms with E-state index in [4.69, 9.17) is 5.11 Å². The van der Waals surface area contributed by atoms with E-state index in [9.17, 15) is 0 Å². The molecule has 0 radical (unpaired) electrons. The number of rotatable bonds is 5. The number of benzene rings is 1. The molecule has 84 valence electrons. The predicted molar refractivity (Wildman–Crippen MR) is 63.6 cm³/mol. The molecule has 1 unspecified atom stereocenters. The van der Waals surface area contributed by atoms with E-state index in [1.807, 2.05) is 12.1 Å². The average molecular weight is 207 g/mol. The van der Waals surface area contributed by atoms with Crippen molar-refractivity contribution in [1.82, 2.24) is 5.32 Å². The standard InChI is InChI=1S/C13H21NO/c1-10(2)8-14-11(3)13-6-4-5-12(7-13)9-15/h4-7,10-11,14-15H,8-9H2,1-3H3. The molecule has 2 heteroatoms. The van der Waals surface area contributed by atoms with Crippen LogP contribution in [0.4, 0.5) is 0 Å². The zero-order chi connectivity index (χ0) is 11.3. The van der Waals surface area contributed by atoms with Crippen molar-refractivity contribution in [3.05, 3.63) is 35.4 Å². The third kappa shape index (κ3) is 4.02. The molecule has 15 heavy (non-hydrogen) atoms. The molecule has 0 spiro atoms. The molecule has 0 heterocycles. The first-order valence-corrected chi connectivity index (χ1v) is 5.56. The first-order chi connectivity index (χ1) is 7.13. The van der Waals surface area contributed by atoms with E-state index in [2.05, 4.69) is 38.2 Å². The lowest BCUT2D eigenvalue weighted by Crippen LogP contribution is -2.23. The lowest BCUT2D eigenvalue weighted by atomic mass is 10.0. The van der Waals surface area contributed by atoms with Crippen LogP contribution in [0, 0.1) is 5.92 Å². The van der Waals surface area contributed by atoms with Gasteiger partial charge in [0.05, 0.1) is 6.61 Å². The Balaban J connectivity index is 2.60. The summed E-state index contributed by atoms with van der Waals surface area (Å²) in [6.45, 7) is 7.68. The highest BCUT2D eigenvalue weighted by molar-refractivity contribution is 5.25. The summed E-state index contributed by atoms with van der Waals surface area (Å²) in [5.74, 6) is 0.661. The quantitative estimate of drug-likeness (QED) is 0.777. The van der Waals surface area contributed by atoms with Crippen molar-refractivity contribution in [3.8, 4) is 0 Å². The molecule has 0 aliphatic carbocycles. The van der Waals surface area contributed by atoms with Crippen molar-refractivity contribution >= 4 is 0 Å². The minimum atomic E-state index is 0.116. The minimum absolute atomic E-state index is 0.116. The molecular formula is C13H21NO. The summed E-state index contributed by atoms with van der Waals surface area (Å²) < 4.78 is 0. The number of aliphatic hydroxyl groups excluding tert-OH is 1. The van der Waals surface area contributed by atoms with Crippen LogP contribution in [0.2, 0.25) is 0 Å². The molecule has 0 amide bonds. The van der Waals surface area contributed by atoms with E-state index in [0.717, 1.165) is 12.1 Å². The number of nitrogens with one attached hydrogen (secondary N) is 1. The second-order valence-electron chi connectivity index (χ2n) is 4.43. The molecular weight excluding hydrogens is 186 g/mol. The molecule has 0 aromatic heterocycles. The highest BCUT2D eigenvalue weighted by Crippen LogP contribution is 2.14. The van der Waals surface area contributed by atoms with E-state index in [1.165, 1.54) is 5.56 Å². The predicted octanol–water partition coefficient (Wildman–Crippen LogP) is 2.49. The van der Waals surface area contributed by atoms with E-state index in [-0.39, 0.29) is 6.61 Å². The van der Waals surface area contributed by atoms with Crippen molar-refractivity contribution in [2.24, 2.45) is 5.92 Å². The van der Waals surface area contributed by atoms with Gasteiger partial charge in [-0.1, -0.05) is 38.1 Å². The van der Waals surface area contributed by atoms with Gasteiger partial charge in [-0.05, 0) is 30.5 Å². The van der Waals surface area contributed by atoms with Crippen LogP contribution >= 0.6 is 0 Å². The topological polar surface area (TPSA) is 32.3 Å². The maximum absolute atomic E-state index is 9.04. The van der Waals surface area contributed by atoms with Crippen molar-refractivity contribution in [2.45, 2.75) is 33.4 Å². The van der Waals surface area contributed by atoms with Crippen LogP contribution < -0.4 is 5.32 Å². The molecule has 1 rings (SSSR count). The summed E-state index contributed by atoms with van der Waals surface area (Å²) in [6, 6.07) is 8.43. The van der Waals surface area contributed by atoms with E-state index in [1.54, 1.807) is 0 Å². The molecule has 1 aromatic carbocycles. The fourth-order valence-corrected chi connectivity index (χ4v) is 1.49. The third-order valence-corrected chi connectivity index (χ3v) is 2.47. The Bertz CT molecular complexity index is 296. The van der Waals surface area contributed by atoms with Crippen molar-refractivity contribution in [1.29, 1.82) is 0 Å². The second-order valence-corrected chi connectivity index (χ2v) is 4.43. The SMILES string of the molecule is CC(C)CNC(C)c1cccc(CO)c1. The summed E-state index contributed by atoms with van der Waals surface area (Å²) in [6.07, 6.45) is 0. The lowest BCUT2D eigenvalue weighted by molar-refractivity contribution is 0.281. The summed E-state index contributed by atoms with van der Waals surface area (Å²) >= 11 is 0. The molecule has 1 atom stereocenters. The van der Waals surface area contributed by atoms with Gasteiger partial charge in [0, 0.05) is 6.04 Å². The maximum atomic E-state index is 9.04. The Morgan fingerprint density at radius 2 is 2.00 bits per heavy atom. The van der Waals surface area contributed by atoms with Crippen LogP contribution in [0.15, 0.2) is 24.3 Å². The smallest absolute Gasteiger partial charge is 0.0681 e. The van der Waals surface area contributed by atoms with Gasteiger partial charge < -0.3 is 10.4 Å². The number of aliphatic hydroxyl groups is 1. The molecule has 0 saturated carbocycles. The monoisotopic (exact) mass is 207 g/mol. The minimum Gasteiger partial charge on any atom is -0.392 e. The van der Waals surface area contributed by atoms with Crippen LogP contribution in [-0.4, -0.2) is 11.7 Å². The number of hydrogen-bond donors (Lipinski definition) is 2. The van der Waals surface area contributed by atoms with Crippen LogP contribution in [0.5, 0.6) is 0 Å². The van der Waals surface area contributed by atoms with Gasteiger partial charge in [0.15, 0.2) is 0 Å². The molecule has 2 nitrogen and oxygen atoms in total. The normalized spacial score (nSPS) is 13.1. The van der Waals surface area contributed by atoms with Crippen LogP contribution in [0.3, 0.4) is 0 Å². The Morgan fingerprint density at radius 1 is 1.27 bits per heavy atom. The first kappa shape index (κ1) is 12.2. The lowest BCUT2D eigenvalue weighted by Gasteiger charge is -2.16. The molecule has 0 aliphatic rings. The van der Waals surface area contributed by atoms with Gasteiger partial charge in [-0.3, -0.25) is 0 Å². The van der Waals surface area contributed by atoms with Crippen molar-refractivity contribution in [3.63, 3.8) is 0 Å². The largest absolute Gasteiger partial charge is 0.392 e. The van der Waals surface area contributed by atoms with E-state index < -0.39 is 0 Å². The zero-order valence-corrected chi connectivity index (χ0v) is 9.83. The van der Waals surface area contributed by atoms with Crippen molar-refractivity contribution < 1.29 is 5.11 Å². The van der Waals surface area contributed by atoms with Gasteiger partial charge in [-0.2, -0.15) is 0 Å². The van der Waals surface area contributed by atoms with Crippen LogP contribution in [-0.2, 0) is 6.61 Å². The van der Waals surface area contributed by atoms with Gasteiger partial charge in [-0.15, -0.1) is 0 Å². The van der Waals surface area contributed by atoms with Gasteiger partial charge in [0.2, 0.25) is 0 Å². The number of hydrogen-bond acceptors (Lipinski definition) is 2. The highest BCUT2D eigenvalue weighted by atomic mass is 16.3. The van der Waals surface area contributed by atoms with Gasteiger partial charge >= 0.3 is 0 Å². The van der Waals surface area contributed by atoms with Crippen LogP contribution in [0.25, 0.3) is 0 Å². The maximum Gasteiger partial charge on any atom is 0.0681 e. The van der Waals surface area contributed by atoms with Gasteiger partial charge in [0.1, 0.15) is 0 Å². The highest BCUT2D eigenvalue weighted by Gasteiger charge is 2.05. The summed E-state index contributed by atoms with van der Waals surface area (Å²) in [7, 11) is 0. The summed E-state index contributed by atoms with van der Waals surface area (Å²) in [5.41, 5.74) is 2.22. The van der Waals surface area contributed by atoms with E-state index in [0.29, 0.717) is 12.0 Å². The molecule has 0 aliphatic heterocycles. The Labute approximate surface area is 92.3 Å². The van der Waals surface area contributed by atoms with Crippen molar-refractivity contribution in [2.75, 3.05) is 6.54 Å². The third-order valence-electron chi connectivity index (χ3n) is 2.47. The second kappa shape index (κ2) is 5.89. The van der Waals surface area contributed by atoms with E-state index >= 15 is 0 Å². The van der Waals surface area contributed by atoms with Crippen LogP contribution in [0.1, 0.15) is 37.9 Å². The average Bonchev–Trinajstić information content (AvgIpc) is 2.26. The summed E-state index contributed by atoms with van der Waals surface area (Å²) in [5, 5.41) is 12.5. The van der Waals surface area contributed by atoms with Gasteiger partial charge in [0.25, 0.3) is 0 Å². The fraction of sp³-hybridized carbons (Fsp3) is 0.538. The Kier molecular flexibility index (Phi) is 4.79. The fourth-order valence-electron chi connectivity index (χ4n) is 1.49. The molecule has 2 N–H and O–H groups in total. The first-order valence-electron chi connectivity index (χ1n) is 5.56. The molecule has 0 fully saturated rings.